The van der Waals surface area contributed by atoms with E-state index in [2.05, 4.69) is 5.92 Å². The first-order chi connectivity index (χ1) is 10.1. The van der Waals surface area contributed by atoms with Crippen LogP contribution in [0.4, 0.5) is 0 Å². The van der Waals surface area contributed by atoms with Gasteiger partial charge in [0.15, 0.2) is 0 Å². The van der Waals surface area contributed by atoms with Crippen LogP contribution in [0.1, 0.15) is 12.0 Å². The summed E-state index contributed by atoms with van der Waals surface area (Å²) in [5.74, 6) is 2.46. The van der Waals surface area contributed by atoms with Gasteiger partial charge in [-0.15, -0.1) is 12.3 Å². The first-order valence-electron chi connectivity index (χ1n) is 6.61. The van der Waals surface area contributed by atoms with E-state index in [1.807, 2.05) is 6.92 Å². The van der Waals surface area contributed by atoms with Crippen LogP contribution in [-0.2, 0) is 23.8 Å². The summed E-state index contributed by atoms with van der Waals surface area (Å²) in [7, 11) is -3.72. The zero-order valence-corrected chi connectivity index (χ0v) is 12.9. The Labute approximate surface area is 126 Å². The van der Waals surface area contributed by atoms with Gasteiger partial charge in [-0.1, -0.05) is 17.7 Å². The largest absolute Gasteiger partial charge is 0.378 e. The highest BCUT2D eigenvalue weighted by atomic mass is 32.2. The zero-order chi connectivity index (χ0) is 15.6. The average molecular weight is 312 g/mol. The van der Waals surface area contributed by atoms with Crippen molar-refractivity contribution in [2.45, 2.75) is 18.2 Å². The summed E-state index contributed by atoms with van der Waals surface area (Å²) in [6, 6.07) is 6.48. The molecule has 0 aliphatic heterocycles. The predicted octanol–water partition coefficient (Wildman–Crippen LogP) is 1.76. The van der Waals surface area contributed by atoms with E-state index in [4.69, 9.17) is 20.1 Å². The Balaban J connectivity index is 2.17. The van der Waals surface area contributed by atoms with E-state index in [9.17, 15) is 8.42 Å². The fraction of sp³-hybridized carbons (Fsp3) is 0.467. The molecule has 0 aliphatic rings. The van der Waals surface area contributed by atoms with Crippen molar-refractivity contribution < 1.29 is 22.1 Å². The van der Waals surface area contributed by atoms with Crippen LogP contribution in [0, 0.1) is 19.3 Å². The first kappa shape index (κ1) is 17.7. The van der Waals surface area contributed by atoms with Crippen LogP contribution in [0.5, 0.6) is 0 Å². The molecule has 6 heteroatoms. The lowest BCUT2D eigenvalue weighted by atomic mass is 10.2. The van der Waals surface area contributed by atoms with Crippen molar-refractivity contribution in [1.29, 1.82) is 0 Å². The van der Waals surface area contributed by atoms with E-state index in [1.54, 1.807) is 12.1 Å². The van der Waals surface area contributed by atoms with Crippen molar-refractivity contribution in [3.63, 3.8) is 0 Å². The van der Waals surface area contributed by atoms with Gasteiger partial charge in [0.1, 0.15) is 0 Å². The minimum absolute atomic E-state index is 0.0272. The third kappa shape index (κ3) is 7.25. The molecule has 0 saturated carbocycles. The quantitative estimate of drug-likeness (QED) is 0.374. The highest BCUT2D eigenvalue weighted by molar-refractivity contribution is 7.86. The van der Waals surface area contributed by atoms with Gasteiger partial charge >= 0.3 is 0 Å². The molecule has 0 bridgehead atoms. The molecule has 0 unspecified atom stereocenters. The molecule has 116 valence electrons. The smallest absolute Gasteiger partial charge is 0.297 e. The van der Waals surface area contributed by atoms with Gasteiger partial charge in [-0.3, -0.25) is 4.18 Å². The summed E-state index contributed by atoms with van der Waals surface area (Å²) in [4.78, 5) is 0.144. The van der Waals surface area contributed by atoms with Crippen LogP contribution >= 0.6 is 0 Å². The van der Waals surface area contributed by atoms with Gasteiger partial charge in [0.05, 0.1) is 37.9 Å². The standard InChI is InChI=1S/C15H20O5S/c1-3-4-9-18-10-11-19-12-13-20-21(16,17)15-7-5-14(2)6-8-15/h1,5-8H,4,9-13H2,2H3. The second kappa shape index (κ2) is 9.53. The number of aryl methyl sites for hydroxylation is 1. The van der Waals surface area contributed by atoms with E-state index in [-0.39, 0.29) is 18.1 Å². The van der Waals surface area contributed by atoms with E-state index < -0.39 is 10.1 Å². The van der Waals surface area contributed by atoms with Crippen molar-refractivity contribution in [1.82, 2.24) is 0 Å². The topological polar surface area (TPSA) is 61.8 Å². The summed E-state index contributed by atoms with van der Waals surface area (Å²) in [6.07, 6.45) is 5.64. The molecule has 0 aromatic heterocycles. The molecule has 1 aromatic carbocycles. The summed E-state index contributed by atoms with van der Waals surface area (Å²) in [5, 5.41) is 0. The lowest BCUT2D eigenvalue weighted by Crippen LogP contribution is -2.13. The fourth-order valence-electron chi connectivity index (χ4n) is 1.43. The summed E-state index contributed by atoms with van der Waals surface area (Å²) >= 11 is 0. The van der Waals surface area contributed by atoms with Gasteiger partial charge in [0.2, 0.25) is 0 Å². The minimum atomic E-state index is -3.72. The molecule has 1 aromatic rings. The molecule has 0 heterocycles. The van der Waals surface area contributed by atoms with E-state index in [0.717, 1.165) is 5.56 Å². The minimum Gasteiger partial charge on any atom is -0.378 e. The predicted molar refractivity (Wildman–Crippen MR) is 79.4 cm³/mol. The molecule has 0 saturated heterocycles. The van der Waals surface area contributed by atoms with Gasteiger partial charge < -0.3 is 9.47 Å². The molecule has 0 N–H and O–H groups in total. The molecule has 0 fully saturated rings. The van der Waals surface area contributed by atoms with Crippen LogP contribution in [-0.4, -0.2) is 41.5 Å². The molecule has 0 aliphatic carbocycles. The van der Waals surface area contributed by atoms with Gasteiger partial charge in [-0.2, -0.15) is 8.42 Å². The second-order valence-electron chi connectivity index (χ2n) is 4.27. The van der Waals surface area contributed by atoms with Crippen LogP contribution < -0.4 is 0 Å². The van der Waals surface area contributed by atoms with Crippen molar-refractivity contribution in [2.75, 3.05) is 33.0 Å². The van der Waals surface area contributed by atoms with Crippen molar-refractivity contribution in [3.8, 4) is 12.3 Å². The Kier molecular flexibility index (Phi) is 8.01. The Bertz CT molecular complexity index is 542. The van der Waals surface area contributed by atoms with E-state index >= 15 is 0 Å². The van der Waals surface area contributed by atoms with Gasteiger partial charge in [0.25, 0.3) is 10.1 Å². The number of terminal acetylenes is 1. The normalized spacial score (nSPS) is 11.2. The Hall–Kier alpha value is -1.39. The second-order valence-corrected chi connectivity index (χ2v) is 5.88. The van der Waals surface area contributed by atoms with Crippen LogP contribution in [0.2, 0.25) is 0 Å². The molecule has 0 amide bonds. The third-order valence-corrected chi connectivity index (χ3v) is 3.87. The number of hydrogen-bond acceptors (Lipinski definition) is 5. The lowest BCUT2D eigenvalue weighted by molar-refractivity contribution is 0.0389. The third-order valence-electron chi connectivity index (χ3n) is 2.54. The molecule has 0 atom stereocenters. The molecular weight excluding hydrogens is 292 g/mol. The zero-order valence-electron chi connectivity index (χ0n) is 12.1. The average Bonchev–Trinajstić information content (AvgIpc) is 2.46. The Morgan fingerprint density at radius 1 is 1.00 bits per heavy atom. The summed E-state index contributed by atoms with van der Waals surface area (Å²) in [6.45, 7) is 3.34. The van der Waals surface area contributed by atoms with Crippen molar-refractivity contribution >= 4 is 10.1 Å². The molecule has 1 rings (SSSR count). The maximum atomic E-state index is 11.8. The van der Waals surface area contributed by atoms with Crippen LogP contribution in [0.3, 0.4) is 0 Å². The van der Waals surface area contributed by atoms with E-state index in [0.29, 0.717) is 26.2 Å². The fourth-order valence-corrected chi connectivity index (χ4v) is 2.32. The molecule has 21 heavy (non-hydrogen) atoms. The lowest BCUT2D eigenvalue weighted by Gasteiger charge is -2.07. The Morgan fingerprint density at radius 3 is 2.19 bits per heavy atom. The molecule has 0 radical (unpaired) electrons. The highest BCUT2D eigenvalue weighted by Crippen LogP contribution is 2.12. The first-order valence-corrected chi connectivity index (χ1v) is 8.02. The van der Waals surface area contributed by atoms with Gasteiger partial charge in [0, 0.05) is 6.42 Å². The van der Waals surface area contributed by atoms with Gasteiger partial charge in [-0.25, -0.2) is 0 Å². The number of ether oxygens (including phenoxy) is 2. The van der Waals surface area contributed by atoms with Crippen molar-refractivity contribution in [3.05, 3.63) is 29.8 Å². The highest BCUT2D eigenvalue weighted by Gasteiger charge is 2.14. The molecule has 5 nitrogen and oxygen atoms in total. The van der Waals surface area contributed by atoms with Crippen LogP contribution in [0.25, 0.3) is 0 Å². The maximum absolute atomic E-state index is 11.8. The molecule has 0 spiro atoms. The molecular formula is C15H20O5S. The summed E-state index contributed by atoms with van der Waals surface area (Å²) in [5.41, 5.74) is 0.988. The van der Waals surface area contributed by atoms with E-state index in [1.165, 1.54) is 12.1 Å². The number of hydrogen-bond donors (Lipinski definition) is 0. The number of rotatable bonds is 10. The van der Waals surface area contributed by atoms with Crippen molar-refractivity contribution in [2.24, 2.45) is 0 Å². The monoisotopic (exact) mass is 312 g/mol. The maximum Gasteiger partial charge on any atom is 0.297 e. The summed E-state index contributed by atoms with van der Waals surface area (Å²) < 4.78 is 38.9. The number of benzene rings is 1. The van der Waals surface area contributed by atoms with Crippen LogP contribution in [0.15, 0.2) is 29.2 Å². The van der Waals surface area contributed by atoms with Gasteiger partial charge in [-0.05, 0) is 19.1 Å². The Morgan fingerprint density at radius 2 is 1.57 bits per heavy atom. The SMILES string of the molecule is C#CCCOCCOCCOS(=O)(=O)c1ccc(C)cc1.